The van der Waals surface area contributed by atoms with Crippen molar-refractivity contribution in [3.63, 3.8) is 0 Å². The van der Waals surface area contributed by atoms with E-state index in [1.807, 2.05) is 0 Å². The number of hydrogen-bond acceptors (Lipinski definition) is 3. The SMILES string of the molecule is COC(=O)C1=C(C(C)(C)C)CNCC1. The number of ether oxygens (including phenoxy) is 1. The van der Waals surface area contributed by atoms with E-state index in [1.54, 1.807) is 0 Å². The van der Waals surface area contributed by atoms with E-state index in [0.29, 0.717) is 0 Å². The molecule has 0 saturated heterocycles. The van der Waals surface area contributed by atoms with Gasteiger partial charge in [0.25, 0.3) is 0 Å². The second kappa shape index (κ2) is 4.13. The summed E-state index contributed by atoms with van der Waals surface area (Å²) in [5, 5.41) is 3.28. The lowest BCUT2D eigenvalue weighted by Gasteiger charge is -2.29. The molecule has 0 atom stereocenters. The molecule has 1 N–H and O–H groups in total. The Bertz CT molecular complexity index is 261. The van der Waals surface area contributed by atoms with Crippen molar-refractivity contribution in [2.75, 3.05) is 20.2 Å². The molecule has 1 heterocycles. The Balaban J connectivity index is 3.03. The molecule has 3 heteroatoms. The summed E-state index contributed by atoms with van der Waals surface area (Å²) in [4.78, 5) is 11.5. The Morgan fingerprint density at radius 2 is 2.07 bits per heavy atom. The fourth-order valence-corrected chi connectivity index (χ4v) is 1.75. The van der Waals surface area contributed by atoms with E-state index >= 15 is 0 Å². The number of rotatable bonds is 1. The van der Waals surface area contributed by atoms with Gasteiger partial charge in [0.05, 0.1) is 7.11 Å². The zero-order chi connectivity index (χ0) is 10.8. The molecule has 0 bridgehead atoms. The molecular weight excluding hydrogens is 178 g/mol. The molecule has 0 aromatic carbocycles. The normalized spacial score (nSPS) is 18.3. The van der Waals surface area contributed by atoms with Crippen molar-refractivity contribution in [1.82, 2.24) is 5.32 Å². The van der Waals surface area contributed by atoms with E-state index in [9.17, 15) is 4.79 Å². The van der Waals surface area contributed by atoms with Gasteiger partial charge in [0.2, 0.25) is 0 Å². The summed E-state index contributed by atoms with van der Waals surface area (Å²) in [6.07, 6.45) is 0.777. The van der Waals surface area contributed by atoms with E-state index in [1.165, 1.54) is 12.7 Å². The number of carbonyl (C=O) groups is 1. The van der Waals surface area contributed by atoms with Gasteiger partial charge in [-0.3, -0.25) is 0 Å². The van der Waals surface area contributed by atoms with Crippen LogP contribution in [0, 0.1) is 5.41 Å². The van der Waals surface area contributed by atoms with Crippen LogP contribution in [-0.2, 0) is 9.53 Å². The monoisotopic (exact) mass is 197 g/mol. The third-order valence-corrected chi connectivity index (χ3v) is 2.55. The maximum absolute atomic E-state index is 11.5. The van der Waals surface area contributed by atoms with Crippen molar-refractivity contribution in [3.8, 4) is 0 Å². The average molecular weight is 197 g/mol. The Labute approximate surface area is 85.5 Å². The molecule has 3 nitrogen and oxygen atoms in total. The van der Waals surface area contributed by atoms with Crippen LogP contribution in [0.15, 0.2) is 11.1 Å². The van der Waals surface area contributed by atoms with Crippen molar-refractivity contribution in [3.05, 3.63) is 11.1 Å². The van der Waals surface area contributed by atoms with E-state index in [-0.39, 0.29) is 11.4 Å². The number of hydrogen-bond donors (Lipinski definition) is 1. The Morgan fingerprint density at radius 3 is 2.57 bits per heavy atom. The molecule has 0 radical (unpaired) electrons. The molecule has 0 aromatic heterocycles. The van der Waals surface area contributed by atoms with Crippen molar-refractivity contribution < 1.29 is 9.53 Å². The van der Waals surface area contributed by atoms with Gasteiger partial charge in [-0.05, 0) is 24.0 Å². The topological polar surface area (TPSA) is 38.3 Å². The number of methoxy groups -OCH3 is 1. The molecule has 1 aliphatic heterocycles. The molecule has 14 heavy (non-hydrogen) atoms. The number of nitrogens with one attached hydrogen (secondary N) is 1. The first-order valence-corrected chi connectivity index (χ1v) is 4.98. The lowest BCUT2D eigenvalue weighted by molar-refractivity contribution is -0.136. The molecule has 80 valence electrons. The van der Waals surface area contributed by atoms with Crippen LogP contribution in [0.1, 0.15) is 27.2 Å². The van der Waals surface area contributed by atoms with Crippen LogP contribution in [-0.4, -0.2) is 26.2 Å². The first-order chi connectivity index (χ1) is 6.46. The van der Waals surface area contributed by atoms with Gasteiger partial charge in [0.15, 0.2) is 0 Å². The second-order valence-corrected chi connectivity index (χ2v) is 4.63. The summed E-state index contributed by atoms with van der Waals surface area (Å²) in [5.41, 5.74) is 2.08. The molecule has 0 aromatic rings. The van der Waals surface area contributed by atoms with E-state index in [2.05, 4.69) is 26.1 Å². The fourth-order valence-electron chi connectivity index (χ4n) is 1.75. The highest BCUT2D eigenvalue weighted by Crippen LogP contribution is 2.30. The minimum Gasteiger partial charge on any atom is -0.466 e. The van der Waals surface area contributed by atoms with Crippen LogP contribution in [0.2, 0.25) is 0 Å². The molecule has 1 aliphatic rings. The van der Waals surface area contributed by atoms with E-state index in [0.717, 1.165) is 25.1 Å². The van der Waals surface area contributed by atoms with Crippen LogP contribution in [0.25, 0.3) is 0 Å². The summed E-state index contributed by atoms with van der Waals surface area (Å²) in [6.45, 7) is 8.03. The highest BCUT2D eigenvalue weighted by molar-refractivity contribution is 5.89. The van der Waals surface area contributed by atoms with Gasteiger partial charge in [0, 0.05) is 12.1 Å². The first-order valence-electron chi connectivity index (χ1n) is 4.98. The maximum Gasteiger partial charge on any atom is 0.333 e. The lowest BCUT2D eigenvalue weighted by atomic mass is 9.81. The van der Waals surface area contributed by atoms with Crippen LogP contribution < -0.4 is 5.32 Å². The van der Waals surface area contributed by atoms with E-state index < -0.39 is 0 Å². The highest BCUT2D eigenvalue weighted by atomic mass is 16.5. The molecule has 0 spiro atoms. The molecular formula is C11H19NO2. The second-order valence-electron chi connectivity index (χ2n) is 4.63. The Kier molecular flexibility index (Phi) is 3.32. The molecule has 0 amide bonds. The average Bonchev–Trinajstić information content (AvgIpc) is 2.15. The van der Waals surface area contributed by atoms with Gasteiger partial charge >= 0.3 is 5.97 Å². The number of esters is 1. The molecule has 0 aliphatic carbocycles. The van der Waals surface area contributed by atoms with Gasteiger partial charge in [-0.15, -0.1) is 0 Å². The maximum atomic E-state index is 11.5. The van der Waals surface area contributed by atoms with Crippen LogP contribution in [0.3, 0.4) is 0 Å². The van der Waals surface area contributed by atoms with Gasteiger partial charge in [0.1, 0.15) is 0 Å². The zero-order valence-electron chi connectivity index (χ0n) is 9.44. The van der Waals surface area contributed by atoms with E-state index in [4.69, 9.17) is 4.74 Å². The first kappa shape index (κ1) is 11.2. The number of carbonyl (C=O) groups excluding carboxylic acids is 1. The molecule has 0 saturated carbocycles. The lowest BCUT2D eigenvalue weighted by Crippen LogP contribution is -2.33. The summed E-state index contributed by atoms with van der Waals surface area (Å²) in [5.74, 6) is -0.170. The predicted octanol–water partition coefficient (Wildman–Crippen LogP) is 1.50. The smallest absolute Gasteiger partial charge is 0.333 e. The third kappa shape index (κ3) is 2.35. The fraction of sp³-hybridized carbons (Fsp3) is 0.727. The van der Waals surface area contributed by atoms with Crippen LogP contribution in [0.5, 0.6) is 0 Å². The van der Waals surface area contributed by atoms with Gasteiger partial charge in [-0.2, -0.15) is 0 Å². The highest BCUT2D eigenvalue weighted by Gasteiger charge is 2.27. The van der Waals surface area contributed by atoms with Crippen molar-refractivity contribution in [1.29, 1.82) is 0 Å². The standard InChI is InChI=1S/C11H19NO2/c1-11(2,3)9-7-12-6-5-8(9)10(13)14-4/h12H,5-7H2,1-4H3. The largest absolute Gasteiger partial charge is 0.466 e. The minimum absolute atomic E-state index is 0.0386. The van der Waals surface area contributed by atoms with Crippen LogP contribution in [0.4, 0.5) is 0 Å². The van der Waals surface area contributed by atoms with Crippen molar-refractivity contribution in [2.45, 2.75) is 27.2 Å². The van der Waals surface area contributed by atoms with Gasteiger partial charge in [-0.25, -0.2) is 4.79 Å². The quantitative estimate of drug-likeness (QED) is 0.647. The zero-order valence-corrected chi connectivity index (χ0v) is 9.44. The summed E-state index contributed by atoms with van der Waals surface area (Å²) < 4.78 is 4.79. The summed E-state index contributed by atoms with van der Waals surface area (Å²) in [6, 6.07) is 0. The Morgan fingerprint density at radius 1 is 1.43 bits per heavy atom. The third-order valence-electron chi connectivity index (χ3n) is 2.55. The van der Waals surface area contributed by atoms with Gasteiger partial charge < -0.3 is 10.1 Å². The predicted molar refractivity (Wildman–Crippen MR) is 56.0 cm³/mol. The van der Waals surface area contributed by atoms with Crippen molar-refractivity contribution >= 4 is 5.97 Å². The summed E-state index contributed by atoms with van der Waals surface area (Å²) in [7, 11) is 1.44. The van der Waals surface area contributed by atoms with Gasteiger partial charge in [-0.1, -0.05) is 20.8 Å². The van der Waals surface area contributed by atoms with Crippen molar-refractivity contribution in [2.24, 2.45) is 5.41 Å². The Hall–Kier alpha value is -0.830. The molecule has 0 fully saturated rings. The summed E-state index contributed by atoms with van der Waals surface area (Å²) >= 11 is 0. The molecule has 1 rings (SSSR count). The van der Waals surface area contributed by atoms with Crippen LogP contribution >= 0.6 is 0 Å². The minimum atomic E-state index is -0.170. The molecule has 0 unspecified atom stereocenters.